The minimum atomic E-state index is -1.59. The first-order chi connectivity index (χ1) is 18.4. The van der Waals surface area contributed by atoms with Crippen molar-refractivity contribution >= 4 is 5.97 Å². The van der Waals surface area contributed by atoms with Gasteiger partial charge in [0.25, 0.3) is 0 Å². The van der Waals surface area contributed by atoms with Gasteiger partial charge in [0.05, 0.1) is 18.8 Å². The number of rotatable bonds is 6. The molecule has 5 rings (SSSR count). The van der Waals surface area contributed by atoms with Gasteiger partial charge in [0.1, 0.15) is 24.4 Å². The number of esters is 1. The van der Waals surface area contributed by atoms with E-state index in [-0.39, 0.29) is 35.4 Å². The smallest absolute Gasteiger partial charge is 0.308 e. The number of aliphatic hydroxyl groups excluding tert-OH is 6. The highest BCUT2D eigenvalue weighted by molar-refractivity contribution is 5.69. The molecule has 9 heteroatoms. The van der Waals surface area contributed by atoms with E-state index in [1.807, 2.05) is 0 Å². The molecule has 1 aliphatic heterocycles. The lowest BCUT2D eigenvalue weighted by Gasteiger charge is -2.62. The van der Waals surface area contributed by atoms with E-state index in [1.165, 1.54) is 0 Å². The van der Waals surface area contributed by atoms with E-state index in [4.69, 9.17) is 9.47 Å². The fraction of sp³-hybridized carbons (Fsp3) is 0.967. The Morgan fingerprint density at radius 2 is 1.62 bits per heavy atom. The van der Waals surface area contributed by atoms with Gasteiger partial charge in [0.2, 0.25) is 6.29 Å². The number of hydrogen-bond acceptors (Lipinski definition) is 9. The molecule has 0 spiro atoms. The first-order valence-corrected chi connectivity index (χ1v) is 15.3. The molecular formula is C30H50O9. The van der Waals surface area contributed by atoms with Crippen molar-refractivity contribution in [3.8, 4) is 0 Å². The molecule has 0 aromatic heterocycles. The van der Waals surface area contributed by atoms with Crippen LogP contribution in [0.3, 0.4) is 0 Å². The summed E-state index contributed by atoms with van der Waals surface area (Å²) in [7, 11) is 0. The SMILES string of the molecule is C[C@H](CCC(=O)O[C@@H]1O[C@H](CO)[C@H](O)[C@H](O)[C@H]1O)[C@H]1CC[C@H]2[C@@H]3[C@H](O)C[C@@H]4C[C@H](O)CC[C@]4(C)[C@H]3CC[C@]12C. The molecular weight excluding hydrogens is 504 g/mol. The van der Waals surface area contributed by atoms with E-state index in [0.29, 0.717) is 36.0 Å². The second-order valence-electron chi connectivity index (χ2n) is 14.2. The van der Waals surface area contributed by atoms with Crippen molar-refractivity contribution in [2.45, 2.75) is 128 Å². The van der Waals surface area contributed by atoms with E-state index in [0.717, 1.165) is 51.4 Å². The van der Waals surface area contributed by atoms with Crippen molar-refractivity contribution in [2.24, 2.45) is 46.3 Å². The Kier molecular flexibility index (Phi) is 8.46. The Labute approximate surface area is 231 Å². The zero-order valence-corrected chi connectivity index (χ0v) is 23.7. The molecule has 4 aliphatic carbocycles. The Morgan fingerprint density at radius 1 is 0.923 bits per heavy atom. The van der Waals surface area contributed by atoms with E-state index in [1.54, 1.807) is 0 Å². The van der Waals surface area contributed by atoms with Crippen LogP contribution in [0.15, 0.2) is 0 Å². The van der Waals surface area contributed by atoms with Gasteiger partial charge in [0.15, 0.2) is 0 Å². The van der Waals surface area contributed by atoms with Crippen LogP contribution < -0.4 is 0 Å². The largest absolute Gasteiger partial charge is 0.433 e. The number of aliphatic hydroxyl groups is 6. The number of ether oxygens (including phenoxy) is 2. The summed E-state index contributed by atoms with van der Waals surface area (Å²) in [5.74, 6) is 1.82. The van der Waals surface area contributed by atoms with Crippen LogP contribution in [-0.4, -0.2) is 86.1 Å². The predicted octanol–water partition coefficient (Wildman–Crippen LogP) is 1.74. The molecule has 5 aliphatic rings. The summed E-state index contributed by atoms with van der Waals surface area (Å²) in [6, 6.07) is 0. The molecule has 0 aromatic carbocycles. The maximum Gasteiger partial charge on any atom is 0.308 e. The van der Waals surface area contributed by atoms with Crippen molar-refractivity contribution in [3.05, 3.63) is 0 Å². The average Bonchev–Trinajstić information content (AvgIpc) is 3.25. The standard InChI is InChI=1S/C30H50O9/c1-15(4-7-23(34)39-28-27(37)26(36)25(35)22(14-31)38-28)18-5-6-19-24-20(9-11-30(18,19)3)29(2)10-8-17(32)12-16(29)13-21(24)33/h15-22,24-28,31-33,35-37H,4-14H2,1-3H3/t15-,16+,17-,18-,19+,20+,21-,22-,24+,25+,26+,27-,28+,29+,30-/m1/s1. The third-order valence-corrected chi connectivity index (χ3v) is 12.3. The van der Waals surface area contributed by atoms with E-state index >= 15 is 0 Å². The zero-order valence-electron chi connectivity index (χ0n) is 23.7. The lowest BCUT2D eigenvalue weighted by Crippen LogP contribution is -2.59. The summed E-state index contributed by atoms with van der Waals surface area (Å²) in [5.41, 5.74) is 0.308. The second-order valence-corrected chi connectivity index (χ2v) is 14.2. The first kappa shape index (κ1) is 29.7. The molecule has 1 saturated heterocycles. The normalized spacial score (nSPS) is 52.3. The second kappa shape index (κ2) is 11.1. The Balaban J connectivity index is 1.20. The van der Waals surface area contributed by atoms with Crippen LogP contribution in [0.25, 0.3) is 0 Å². The third-order valence-electron chi connectivity index (χ3n) is 12.3. The predicted molar refractivity (Wildman–Crippen MR) is 141 cm³/mol. The molecule has 5 fully saturated rings. The highest BCUT2D eigenvalue weighted by Gasteiger charge is 2.62. The quantitative estimate of drug-likeness (QED) is 0.269. The Bertz CT molecular complexity index is 882. The Hall–Kier alpha value is -0.810. The van der Waals surface area contributed by atoms with E-state index in [9.17, 15) is 35.4 Å². The number of hydrogen-bond donors (Lipinski definition) is 6. The van der Waals surface area contributed by atoms with Gasteiger partial charge in [0, 0.05) is 6.42 Å². The Morgan fingerprint density at radius 3 is 2.33 bits per heavy atom. The number of fused-ring (bicyclic) bond motifs is 5. The van der Waals surface area contributed by atoms with Gasteiger partial charge in [-0.2, -0.15) is 0 Å². The van der Waals surface area contributed by atoms with Gasteiger partial charge in [-0.3, -0.25) is 4.79 Å². The lowest BCUT2D eigenvalue weighted by atomic mass is 9.43. The van der Waals surface area contributed by atoms with Crippen molar-refractivity contribution in [2.75, 3.05) is 6.61 Å². The molecule has 0 radical (unpaired) electrons. The zero-order chi connectivity index (χ0) is 28.3. The molecule has 0 aromatic rings. The van der Waals surface area contributed by atoms with Crippen LogP contribution in [-0.2, 0) is 14.3 Å². The molecule has 39 heavy (non-hydrogen) atoms. The van der Waals surface area contributed by atoms with Gasteiger partial charge in [-0.1, -0.05) is 20.8 Å². The molecule has 9 nitrogen and oxygen atoms in total. The van der Waals surface area contributed by atoms with Gasteiger partial charge in [-0.15, -0.1) is 0 Å². The molecule has 0 unspecified atom stereocenters. The minimum absolute atomic E-state index is 0.111. The summed E-state index contributed by atoms with van der Waals surface area (Å²) >= 11 is 0. The molecule has 4 saturated carbocycles. The fourth-order valence-corrected chi connectivity index (χ4v) is 10.1. The van der Waals surface area contributed by atoms with Crippen LogP contribution in [0, 0.1) is 46.3 Å². The van der Waals surface area contributed by atoms with Crippen LogP contribution in [0.2, 0.25) is 0 Å². The summed E-state index contributed by atoms with van der Waals surface area (Å²) in [6.45, 7) is 6.45. The summed E-state index contributed by atoms with van der Waals surface area (Å²) in [6.07, 6.45) is 0.950. The monoisotopic (exact) mass is 554 g/mol. The molecule has 6 N–H and O–H groups in total. The third kappa shape index (κ3) is 5.08. The van der Waals surface area contributed by atoms with Crippen LogP contribution in [0.1, 0.15) is 85.0 Å². The van der Waals surface area contributed by atoms with Crippen molar-refractivity contribution in [1.82, 2.24) is 0 Å². The summed E-state index contributed by atoms with van der Waals surface area (Å²) in [5, 5.41) is 61.2. The van der Waals surface area contributed by atoms with Crippen molar-refractivity contribution in [3.63, 3.8) is 0 Å². The average molecular weight is 555 g/mol. The molecule has 15 atom stereocenters. The summed E-state index contributed by atoms with van der Waals surface area (Å²) in [4.78, 5) is 12.7. The molecule has 1 heterocycles. The van der Waals surface area contributed by atoms with Gasteiger partial charge >= 0.3 is 5.97 Å². The maximum absolute atomic E-state index is 12.7. The van der Waals surface area contributed by atoms with Crippen LogP contribution in [0.5, 0.6) is 0 Å². The lowest BCUT2D eigenvalue weighted by molar-refractivity contribution is -0.292. The van der Waals surface area contributed by atoms with Crippen LogP contribution >= 0.6 is 0 Å². The van der Waals surface area contributed by atoms with E-state index in [2.05, 4.69) is 20.8 Å². The molecule has 224 valence electrons. The molecule has 0 amide bonds. The van der Waals surface area contributed by atoms with Gasteiger partial charge in [-0.25, -0.2) is 0 Å². The molecule has 0 bridgehead atoms. The highest BCUT2D eigenvalue weighted by Crippen LogP contribution is 2.68. The van der Waals surface area contributed by atoms with Crippen LogP contribution in [0.4, 0.5) is 0 Å². The fourth-order valence-electron chi connectivity index (χ4n) is 10.1. The first-order valence-electron chi connectivity index (χ1n) is 15.3. The van der Waals surface area contributed by atoms with Gasteiger partial charge < -0.3 is 40.1 Å². The van der Waals surface area contributed by atoms with Gasteiger partial charge in [-0.05, 0) is 104 Å². The number of carbonyl (C=O) groups is 1. The summed E-state index contributed by atoms with van der Waals surface area (Å²) < 4.78 is 10.6. The van der Waals surface area contributed by atoms with Crippen molar-refractivity contribution < 1.29 is 44.9 Å². The minimum Gasteiger partial charge on any atom is -0.433 e. The highest BCUT2D eigenvalue weighted by atomic mass is 16.7. The number of carbonyl (C=O) groups excluding carboxylic acids is 1. The van der Waals surface area contributed by atoms with E-state index < -0.39 is 43.3 Å². The maximum atomic E-state index is 12.7. The topological polar surface area (TPSA) is 157 Å². The van der Waals surface area contributed by atoms with Crippen molar-refractivity contribution in [1.29, 1.82) is 0 Å².